The number of methoxy groups -OCH3 is 1. The maximum atomic E-state index is 11.5. The van der Waals surface area contributed by atoms with Crippen molar-refractivity contribution < 1.29 is 17.9 Å². The number of esters is 1. The fourth-order valence-corrected chi connectivity index (χ4v) is 2.90. The van der Waals surface area contributed by atoms with Crippen molar-refractivity contribution in [2.24, 2.45) is 0 Å². The van der Waals surface area contributed by atoms with Gasteiger partial charge in [-0.1, -0.05) is 24.3 Å². The molecule has 6 heteroatoms. The van der Waals surface area contributed by atoms with Crippen molar-refractivity contribution in [3.63, 3.8) is 0 Å². The molecule has 0 unspecified atom stereocenters. The maximum absolute atomic E-state index is 11.5. The van der Waals surface area contributed by atoms with E-state index in [9.17, 15) is 13.2 Å². The van der Waals surface area contributed by atoms with Crippen LogP contribution in [-0.4, -0.2) is 27.8 Å². The molecule has 1 N–H and O–H groups in total. The average molecular weight is 347 g/mol. The van der Waals surface area contributed by atoms with E-state index in [1.165, 1.54) is 13.4 Å². The molecule has 0 bridgehead atoms. The summed E-state index contributed by atoms with van der Waals surface area (Å²) in [5.41, 5.74) is 2.57. The minimum absolute atomic E-state index is 0.0684. The molecule has 0 saturated heterocycles. The topological polar surface area (TPSA) is 72.5 Å². The summed E-state index contributed by atoms with van der Waals surface area (Å²) in [4.78, 5) is 11.7. The molecule has 0 aliphatic carbocycles. The van der Waals surface area contributed by atoms with Crippen molar-refractivity contribution in [2.45, 2.75) is 24.4 Å². The van der Waals surface area contributed by atoms with Gasteiger partial charge in [0, 0.05) is 18.8 Å². The minimum Gasteiger partial charge on any atom is -0.465 e. The van der Waals surface area contributed by atoms with Crippen LogP contribution in [0.4, 0.5) is 0 Å². The highest BCUT2D eigenvalue weighted by Gasteiger charge is 2.10. The van der Waals surface area contributed by atoms with Crippen LogP contribution in [0.25, 0.3) is 0 Å². The first kappa shape index (κ1) is 18.2. The molecule has 0 saturated carbocycles. The zero-order valence-corrected chi connectivity index (χ0v) is 14.8. The van der Waals surface area contributed by atoms with Crippen LogP contribution in [0.5, 0.6) is 0 Å². The summed E-state index contributed by atoms with van der Waals surface area (Å²) in [5.74, 6) is -0.353. The maximum Gasteiger partial charge on any atom is 0.337 e. The van der Waals surface area contributed by atoms with Crippen LogP contribution >= 0.6 is 0 Å². The zero-order chi connectivity index (χ0) is 17.7. The molecule has 24 heavy (non-hydrogen) atoms. The molecule has 0 heterocycles. The van der Waals surface area contributed by atoms with Gasteiger partial charge in [-0.3, -0.25) is 0 Å². The molecule has 5 nitrogen and oxygen atoms in total. The largest absolute Gasteiger partial charge is 0.465 e. The van der Waals surface area contributed by atoms with Crippen molar-refractivity contribution in [3.05, 3.63) is 65.2 Å². The monoisotopic (exact) mass is 347 g/mol. The lowest BCUT2D eigenvalue weighted by Gasteiger charge is -2.15. The number of carbonyl (C=O) groups is 1. The molecule has 0 fully saturated rings. The highest BCUT2D eigenvalue weighted by atomic mass is 32.2. The van der Waals surface area contributed by atoms with E-state index in [4.69, 9.17) is 0 Å². The fraction of sp³-hybridized carbons (Fsp3) is 0.278. The van der Waals surface area contributed by atoms with Crippen molar-refractivity contribution in [2.75, 3.05) is 13.4 Å². The molecule has 0 radical (unpaired) electrons. The van der Waals surface area contributed by atoms with Crippen LogP contribution in [-0.2, 0) is 21.1 Å². The Labute approximate surface area is 142 Å². The van der Waals surface area contributed by atoms with Crippen LogP contribution in [0.2, 0.25) is 0 Å². The van der Waals surface area contributed by atoms with E-state index in [0.29, 0.717) is 17.0 Å². The van der Waals surface area contributed by atoms with Crippen LogP contribution < -0.4 is 5.32 Å². The van der Waals surface area contributed by atoms with Gasteiger partial charge in [-0.15, -0.1) is 0 Å². The van der Waals surface area contributed by atoms with E-state index >= 15 is 0 Å². The van der Waals surface area contributed by atoms with Crippen LogP contribution in [0.15, 0.2) is 53.4 Å². The van der Waals surface area contributed by atoms with E-state index in [0.717, 1.165) is 11.1 Å². The highest BCUT2D eigenvalue weighted by Crippen LogP contribution is 2.17. The Balaban J connectivity index is 1.97. The standard InChI is InChI=1S/C18H21NO4S/c1-13(15-8-10-17(11-9-15)24(3,21)22)19-12-14-4-6-16(7-5-14)18(20)23-2/h4-11,13,19H,12H2,1-3H3/t13-/m1/s1. The molecule has 1 atom stereocenters. The van der Waals surface area contributed by atoms with E-state index in [-0.39, 0.29) is 12.0 Å². The summed E-state index contributed by atoms with van der Waals surface area (Å²) >= 11 is 0. The second kappa shape index (κ2) is 7.59. The van der Waals surface area contributed by atoms with Gasteiger partial charge in [-0.25, -0.2) is 13.2 Å². The molecule has 2 rings (SSSR count). The SMILES string of the molecule is COC(=O)c1ccc(CN[C@H](C)c2ccc(S(C)(=O)=O)cc2)cc1. The van der Waals surface area contributed by atoms with Gasteiger partial charge >= 0.3 is 5.97 Å². The summed E-state index contributed by atoms with van der Waals surface area (Å²) in [6.07, 6.45) is 1.20. The van der Waals surface area contributed by atoms with Gasteiger partial charge in [0.25, 0.3) is 0 Å². The lowest BCUT2D eigenvalue weighted by atomic mass is 10.1. The van der Waals surface area contributed by atoms with Crippen molar-refractivity contribution in [3.8, 4) is 0 Å². The lowest BCUT2D eigenvalue weighted by Crippen LogP contribution is -2.18. The molecule has 128 valence electrons. The number of nitrogens with one attached hydrogen (secondary N) is 1. The van der Waals surface area contributed by atoms with Crippen molar-refractivity contribution >= 4 is 15.8 Å². The molecule has 0 spiro atoms. The summed E-state index contributed by atoms with van der Waals surface area (Å²) in [5, 5.41) is 3.37. The number of sulfone groups is 1. The summed E-state index contributed by atoms with van der Waals surface area (Å²) in [6.45, 7) is 2.65. The van der Waals surface area contributed by atoms with E-state index < -0.39 is 9.84 Å². The number of ether oxygens (including phenoxy) is 1. The Morgan fingerprint density at radius 3 is 2.17 bits per heavy atom. The van der Waals surface area contributed by atoms with Crippen LogP contribution in [0, 0.1) is 0 Å². The molecule has 2 aromatic carbocycles. The Morgan fingerprint density at radius 2 is 1.67 bits per heavy atom. The predicted molar refractivity (Wildman–Crippen MR) is 92.6 cm³/mol. The van der Waals surface area contributed by atoms with E-state index in [1.54, 1.807) is 24.3 Å². The Hall–Kier alpha value is -2.18. The third-order valence-electron chi connectivity index (χ3n) is 3.80. The van der Waals surface area contributed by atoms with Gasteiger partial charge in [0.05, 0.1) is 17.6 Å². The van der Waals surface area contributed by atoms with Crippen molar-refractivity contribution in [1.82, 2.24) is 5.32 Å². The summed E-state index contributed by atoms with van der Waals surface area (Å²) < 4.78 is 27.6. The molecular weight excluding hydrogens is 326 g/mol. The average Bonchev–Trinajstić information content (AvgIpc) is 2.58. The normalized spacial score (nSPS) is 12.6. The number of benzene rings is 2. The molecule has 0 aliphatic rings. The Kier molecular flexibility index (Phi) is 5.75. The van der Waals surface area contributed by atoms with E-state index in [1.807, 2.05) is 31.2 Å². The van der Waals surface area contributed by atoms with Crippen LogP contribution in [0.3, 0.4) is 0 Å². The second-order valence-corrected chi connectivity index (χ2v) is 7.65. The number of hydrogen-bond acceptors (Lipinski definition) is 5. The van der Waals surface area contributed by atoms with Gasteiger partial charge in [0.1, 0.15) is 0 Å². The first-order valence-corrected chi connectivity index (χ1v) is 9.41. The third kappa shape index (κ3) is 4.66. The van der Waals surface area contributed by atoms with Gasteiger partial charge < -0.3 is 10.1 Å². The van der Waals surface area contributed by atoms with Gasteiger partial charge in [-0.05, 0) is 42.3 Å². The zero-order valence-electron chi connectivity index (χ0n) is 13.9. The number of rotatable bonds is 6. The van der Waals surface area contributed by atoms with Gasteiger partial charge in [0.15, 0.2) is 9.84 Å². The molecule has 0 amide bonds. The first-order valence-electron chi connectivity index (χ1n) is 7.52. The fourth-order valence-electron chi connectivity index (χ4n) is 2.27. The Bertz CT molecular complexity index is 796. The molecular formula is C18H21NO4S. The van der Waals surface area contributed by atoms with E-state index in [2.05, 4.69) is 10.1 Å². The Morgan fingerprint density at radius 1 is 1.08 bits per heavy atom. The predicted octanol–water partition coefficient (Wildman–Crippen LogP) is 2.73. The molecule has 0 aromatic heterocycles. The van der Waals surface area contributed by atoms with Crippen LogP contribution in [0.1, 0.15) is 34.5 Å². The summed E-state index contributed by atoms with van der Waals surface area (Å²) in [6, 6.07) is 14.1. The molecule has 2 aromatic rings. The summed E-state index contributed by atoms with van der Waals surface area (Å²) in [7, 11) is -1.82. The lowest BCUT2D eigenvalue weighted by molar-refractivity contribution is 0.0600. The third-order valence-corrected chi connectivity index (χ3v) is 4.92. The van der Waals surface area contributed by atoms with Gasteiger partial charge in [0.2, 0.25) is 0 Å². The van der Waals surface area contributed by atoms with Gasteiger partial charge in [-0.2, -0.15) is 0 Å². The number of carbonyl (C=O) groups excluding carboxylic acids is 1. The van der Waals surface area contributed by atoms with Crippen molar-refractivity contribution in [1.29, 1.82) is 0 Å². The first-order chi connectivity index (χ1) is 11.3. The highest BCUT2D eigenvalue weighted by molar-refractivity contribution is 7.90. The number of hydrogen-bond donors (Lipinski definition) is 1. The molecule has 0 aliphatic heterocycles. The second-order valence-electron chi connectivity index (χ2n) is 5.63. The smallest absolute Gasteiger partial charge is 0.337 e. The minimum atomic E-state index is -3.17. The quantitative estimate of drug-likeness (QED) is 0.814.